The minimum absolute atomic E-state index is 0.00643. The maximum atomic E-state index is 13.0. The molecule has 1 aliphatic rings. The number of nitrogens with zero attached hydrogens (tertiary/aromatic N) is 2. The van der Waals surface area contributed by atoms with E-state index in [0.717, 1.165) is 70.3 Å². The van der Waals surface area contributed by atoms with Crippen LogP contribution in [0.2, 0.25) is 0 Å². The van der Waals surface area contributed by atoms with E-state index in [0.29, 0.717) is 37.9 Å². The Morgan fingerprint density at radius 2 is 1.14 bits per heavy atom. The lowest BCUT2D eigenvalue weighted by Crippen LogP contribution is -2.39. The first kappa shape index (κ1) is 54.2. The molecule has 1 N–H and O–H groups in total. The third-order valence-corrected chi connectivity index (χ3v) is 13.2. The molecule has 7 nitrogen and oxygen atoms in total. The number of aliphatic hydroxyl groups excluding tert-OH is 1. The number of esters is 2. The first-order valence-corrected chi connectivity index (χ1v) is 26.1. The van der Waals surface area contributed by atoms with Crippen LogP contribution in [0.15, 0.2) is 0 Å². The number of thioether (sulfide) groups is 1. The van der Waals surface area contributed by atoms with Gasteiger partial charge in [-0.1, -0.05) is 163 Å². The minimum Gasteiger partial charge on any atom is -0.465 e. The summed E-state index contributed by atoms with van der Waals surface area (Å²) in [7, 11) is 0. The van der Waals surface area contributed by atoms with Crippen LogP contribution in [0.3, 0.4) is 0 Å². The average molecular weight is 825 g/mol. The van der Waals surface area contributed by atoms with Gasteiger partial charge in [0.1, 0.15) is 6.61 Å². The summed E-state index contributed by atoms with van der Waals surface area (Å²) in [6.45, 7) is 16.0. The lowest BCUT2D eigenvalue weighted by atomic mass is 9.94. The van der Waals surface area contributed by atoms with Crippen molar-refractivity contribution in [1.29, 1.82) is 0 Å². The molecule has 1 fully saturated rings. The quantitative estimate of drug-likeness (QED) is 0.0481. The molecule has 0 aliphatic carbocycles. The van der Waals surface area contributed by atoms with E-state index in [-0.39, 0.29) is 17.9 Å². The maximum absolute atomic E-state index is 13.0. The van der Waals surface area contributed by atoms with Crippen molar-refractivity contribution < 1.29 is 24.2 Å². The highest BCUT2D eigenvalue weighted by molar-refractivity contribution is 7.99. The Labute approximate surface area is 358 Å². The zero-order chi connectivity index (χ0) is 41.4. The van der Waals surface area contributed by atoms with Crippen molar-refractivity contribution in [3.8, 4) is 0 Å². The summed E-state index contributed by atoms with van der Waals surface area (Å²) in [6.07, 6.45) is 35.1. The van der Waals surface area contributed by atoms with Crippen LogP contribution in [0.5, 0.6) is 0 Å². The van der Waals surface area contributed by atoms with E-state index >= 15 is 0 Å². The molecule has 8 heteroatoms. The number of unbranched alkanes of at least 4 members (excludes halogenated alkanes) is 18. The molecule has 0 amide bonds. The second kappa shape index (κ2) is 40.6. The normalized spacial score (nSPS) is 15.0. The molecule has 0 aromatic heterocycles. The Bertz CT molecular complexity index is 888. The Balaban J connectivity index is 2.42. The number of ether oxygens (including phenoxy) is 2. The van der Waals surface area contributed by atoms with Crippen molar-refractivity contribution in [1.82, 2.24) is 9.80 Å². The minimum atomic E-state index is -0.412. The molecule has 0 aromatic rings. The molecule has 338 valence electrons. The number of carbonyl (C=O) groups excluding carboxylic acids is 2. The van der Waals surface area contributed by atoms with Gasteiger partial charge in [0.2, 0.25) is 0 Å². The number of hydrogen-bond acceptors (Lipinski definition) is 8. The summed E-state index contributed by atoms with van der Waals surface area (Å²) in [4.78, 5) is 30.7. The van der Waals surface area contributed by atoms with Crippen LogP contribution in [0.25, 0.3) is 0 Å². The maximum Gasteiger partial charge on any atom is 0.308 e. The molecule has 1 saturated heterocycles. The zero-order valence-corrected chi connectivity index (χ0v) is 39.2. The van der Waals surface area contributed by atoms with Crippen molar-refractivity contribution in [3.63, 3.8) is 0 Å². The second-order valence-corrected chi connectivity index (χ2v) is 18.8. The van der Waals surface area contributed by atoms with Crippen molar-refractivity contribution in [2.45, 2.75) is 226 Å². The highest BCUT2D eigenvalue weighted by atomic mass is 32.2. The van der Waals surface area contributed by atoms with Gasteiger partial charge in [0.25, 0.3) is 0 Å². The van der Waals surface area contributed by atoms with Crippen LogP contribution < -0.4 is 0 Å². The Hall–Kier alpha value is -0.830. The first-order chi connectivity index (χ1) is 27.9. The fraction of sp³-hybridized carbons (Fsp3) is 0.959. The van der Waals surface area contributed by atoms with Gasteiger partial charge in [0.05, 0.1) is 18.6 Å². The van der Waals surface area contributed by atoms with Crippen LogP contribution in [0, 0.1) is 11.8 Å². The molecule has 3 unspecified atom stereocenters. The van der Waals surface area contributed by atoms with Gasteiger partial charge in [-0.15, -0.1) is 0 Å². The zero-order valence-electron chi connectivity index (χ0n) is 38.4. The van der Waals surface area contributed by atoms with Crippen molar-refractivity contribution in [2.24, 2.45) is 11.8 Å². The van der Waals surface area contributed by atoms with E-state index < -0.39 is 6.10 Å². The molecule has 0 spiro atoms. The number of carbonyl (C=O) groups is 2. The van der Waals surface area contributed by atoms with Gasteiger partial charge in [-0.25, -0.2) is 0 Å². The molecule has 3 atom stereocenters. The number of aliphatic hydroxyl groups is 1. The molecule has 0 aromatic carbocycles. The van der Waals surface area contributed by atoms with Crippen LogP contribution in [-0.4, -0.2) is 96.9 Å². The standard InChI is InChI=1S/C49H96N2O5S/c1-5-9-13-17-19-23-31-45(30-22-15-11-7-3)43-56-48(53)34-26-21-27-37-51(39-38-50-35-28-29-36-50)42-47(52)44-57-41-40-55-49(54)46(32-24-16-12-8-4)33-25-20-18-14-10-6-2/h45-47,52H,5-44H2,1-4H3. The highest BCUT2D eigenvalue weighted by Gasteiger charge is 2.20. The molecule has 0 bridgehead atoms. The molecular weight excluding hydrogens is 729 g/mol. The average Bonchev–Trinajstić information content (AvgIpc) is 3.74. The molecule has 1 heterocycles. The van der Waals surface area contributed by atoms with Gasteiger partial charge in [-0.05, 0) is 76.9 Å². The molecule has 1 rings (SSSR count). The number of likely N-dealkylation sites (tertiary alicyclic amines) is 1. The SMILES string of the molecule is CCCCCCCCC(CCCCCC)COC(=O)CCCCCN(CCN1CCCC1)CC(O)CSCCOC(=O)C(CCCCCC)CCCCCCCC. The van der Waals surface area contributed by atoms with Gasteiger partial charge >= 0.3 is 11.9 Å². The fourth-order valence-electron chi connectivity index (χ4n) is 8.29. The summed E-state index contributed by atoms with van der Waals surface area (Å²) < 4.78 is 11.6. The van der Waals surface area contributed by atoms with Crippen molar-refractivity contribution >= 4 is 23.7 Å². The lowest BCUT2D eigenvalue weighted by Gasteiger charge is -2.27. The van der Waals surface area contributed by atoms with Crippen LogP contribution >= 0.6 is 11.8 Å². The van der Waals surface area contributed by atoms with E-state index in [9.17, 15) is 14.7 Å². The number of rotatable bonds is 43. The van der Waals surface area contributed by atoms with E-state index in [1.807, 2.05) is 0 Å². The summed E-state index contributed by atoms with van der Waals surface area (Å²) in [5.74, 6) is 1.90. The number of hydrogen-bond donors (Lipinski definition) is 1. The van der Waals surface area contributed by atoms with E-state index in [1.165, 1.54) is 154 Å². The van der Waals surface area contributed by atoms with E-state index in [2.05, 4.69) is 37.5 Å². The first-order valence-electron chi connectivity index (χ1n) is 25.0. The largest absolute Gasteiger partial charge is 0.465 e. The summed E-state index contributed by atoms with van der Waals surface area (Å²) in [5, 5.41) is 11.0. The van der Waals surface area contributed by atoms with Crippen molar-refractivity contribution in [2.75, 3.05) is 64.0 Å². The molecule has 0 radical (unpaired) electrons. The highest BCUT2D eigenvalue weighted by Crippen LogP contribution is 2.22. The monoisotopic (exact) mass is 825 g/mol. The van der Waals surface area contributed by atoms with Crippen LogP contribution in [0.4, 0.5) is 0 Å². The van der Waals surface area contributed by atoms with Crippen LogP contribution in [-0.2, 0) is 19.1 Å². The van der Waals surface area contributed by atoms with E-state index in [1.54, 1.807) is 11.8 Å². The molecule has 1 aliphatic heterocycles. The molecular formula is C49H96N2O5S. The fourth-order valence-corrected chi connectivity index (χ4v) is 9.04. The second-order valence-electron chi connectivity index (χ2n) is 17.6. The van der Waals surface area contributed by atoms with Crippen molar-refractivity contribution in [3.05, 3.63) is 0 Å². The van der Waals surface area contributed by atoms with Gasteiger partial charge < -0.3 is 19.5 Å². The third-order valence-electron chi connectivity index (χ3n) is 12.1. The summed E-state index contributed by atoms with van der Waals surface area (Å²) in [6, 6.07) is 0. The topological polar surface area (TPSA) is 79.3 Å². The Kier molecular flexibility index (Phi) is 38.6. The van der Waals surface area contributed by atoms with Gasteiger partial charge in [-0.2, -0.15) is 11.8 Å². The smallest absolute Gasteiger partial charge is 0.308 e. The predicted octanol–water partition coefficient (Wildman–Crippen LogP) is 12.8. The van der Waals surface area contributed by atoms with Gasteiger partial charge in [0.15, 0.2) is 0 Å². The third kappa shape index (κ3) is 33.6. The van der Waals surface area contributed by atoms with E-state index in [4.69, 9.17) is 9.47 Å². The lowest BCUT2D eigenvalue weighted by molar-refractivity contribution is -0.148. The predicted molar refractivity (Wildman–Crippen MR) is 246 cm³/mol. The summed E-state index contributed by atoms with van der Waals surface area (Å²) >= 11 is 1.69. The molecule has 57 heavy (non-hydrogen) atoms. The van der Waals surface area contributed by atoms with Gasteiger partial charge in [0, 0.05) is 37.6 Å². The van der Waals surface area contributed by atoms with Crippen LogP contribution in [0.1, 0.15) is 220 Å². The Morgan fingerprint density at radius 3 is 1.72 bits per heavy atom. The Morgan fingerprint density at radius 1 is 0.632 bits per heavy atom. The summed E-state index contributed by atoms with van der Waals surface area (Å²) in [5.41, 5.74) is 0. The van der Waals surface area contributed by atoms with Gasteiger partial charge in [-0.3, -0.25) is 14.5 Å². The molecule has 0 saturated carbocycles.